The van der Waals surface area contributed by atoms with Gasteiger partial charge in [-0.15, -0.1) is 24.0 Å². The molecule has 3 N–H and O–H groups in total. The van der Waals surface area contributed by atoms with E-state index in [-0.39, 0.29) is 24.0 Å². The summed E-state index contributed by atoms with van der Waals surface area (Å²) in [6.45, 7) is 2.65. The number of aliphatic imine (C=N–C) groups is 1. The SMILES string of the molecule is CCc1cccc(NC(N)=NCc2ccc(Cl)cc2)c1.I. The molecule has 0 unspecified atom stereocenters. The third-order valence-electron chi connectivity index (χ3n) is 2.95. The van der Waals surface area contributed by atoms with Crippen molar-refractivity contribution in [3.63, 3.8) is 0 Å². The van der Waals surface area contributed by atoms with E-state index >= 15 is 0 Å². The van der Waals surface area contributed by atoms with Crippen LogP contribution in [0.3, 0.4) is 0 Å². The average molecular weight is 416 g/mol. The molecule has 2 aromatic rings. The van der Waals surface area contributed by atoms with Gasteiger partial charge in [0, 0.05) is 10.7 Å². The molecule has 3 nitrogen and oxygen atoms in total. The fraction of sp³-hybridized carbons (Fsp3) is 0.188. The Bertz CT molecular complexity index is 597. The molecule has 0 aliphatic heterocycles. The Hall–Kier alpha value is -1.27. The molecular weight excluding hydrogens is 397 g/mol. The van der Waals surface area contributed by atoms with E-state index in [1.807, 2.05) is 36.4 Å². The summed E-state index contributed by atoms with van der Waals surface area (Å²) in [5, 5.41) is 3.82. The summed E-state index contributed by atoms with van der Waals surface area (Å²) in [5.41, 5.74) is 9.18. The average Bonchev–Trinajstić information content (AvgIpc) is 2.47. The van der Waals surface area contributed by atoms with Gasteiger partial charge in [-0.3, -0.25) is 0 Å². The summed E-state index contributed by atoms with van der Waals surface area (Å²) in [7, 11) is 0. The highest BCUT2D eigenvalue weighted by Gasteiger charge is 1.97. The van der Waals surface area contributed by atoms with E-state index in [9.17, 15) is 0 Å². The third-order valence-corrected chi connectivity index (χ3v) is 3.20. The van der Waals surface area contributed by atoms with Crippen LogP contribution in [0.2, 0.25) is 5.02 Å². The first-order valence-corrected chi connectivity index (χ1v) is 6.95. The van der Waals surface area contributed by atoms with Crippen molar-refractivity contribution in [2.75, 3.05) is 5.32 Å². The molecular formula is C16H19ClIN3. The Kier molecular flexibility index (Phi) is 7.53. The number of hydrogen-bond donors (Lipinski definition) is 2. The standard InChI is InChI=1S/C16H18ClN3.HI/c1-2-12-4-3-5-15(10-12)20-16(18)19-11-13-6-8-14(17)9-7-13;/h3-10H,2,11H2,1H3,(H3,18,19,20);1H. The second kappa shape index (κ2) is 8.89. The number of nitrogens with one attached hydrogen (secondary N) is 1. The molecule has 0 aliphatic carbocycles. The van der Waals surface area contributed by atoms with Crippen LogP contribution < -0.4 is 11.1 Å². The van der Waals surface area contributed by atoms with Crippen molar-refractivity contribution in [2.24, 2.45) is 10.7 Å². The van der Waals surface area contributed by atoms with Gasteiger partial charge in [-0.1, -0.05) is 42.8 Å². The first-order chi connectivity index (χ1) is 9.67. The predicted molar refractivity (Wildman–Crippen MR) is 102 cm³/mol. The van der Waals surface area contributed by atoms with Crippen LogP contribution in [0.15, 0.2) is 53.5 Å². The van der Waals surface area contributed by atoms with E-state index in [1.165, 1.54) is 5.56 Å². The highest BCUT2D eigenvalue weighted by atomic mass is 127. The zero-order valence-corrected chi connectivity index (χ0v) is 14.9. The van der Waals surface area contributed by atoms with Crippen LogP contribution in [0.1, 0.15) is 18.1 Å². The Morgan fingerprint density at radius 3 is 2.52 bits per heavy atom. The van der Waals surface area contributed by atoms with Gasteiger partial charge in [0.15, 0.2) is 5.96 Å². The van der Waals surface area contributed by atoms with Gasteiger partial charge in [0.25, 0.3) is 0 Å². The van der Waals surface area contributed by atoms with E-state index < -0.39 is 0 Å². The van der Waals surface area contributed by atoms with Gasteiger partial charge in [0.1, 0.15) is 0 Å². The minimum absolute atomic E-state index is 0. The summed E-state index contributed by atoms with van der Waals surface area (Å²) in [4.78, 5) is 4.32. The van der Waals surface area contributed by atoms with Crippen molar-refractivity contribution in [1.29, 1.82) is 0 Å². The van der Waals surface area contributed by atoms with Crippen molar-refractivity contribution in [3.8, 4) is 0 Å². The van der Waals surface area contributed by atoms with Crippen molar-refractivity contribution < 1.29 is 0 Å². The second-order valence-corrected chi connectivity index (χ2v) is 4.94. The molecule has 0 saturated heterocycles. The fourth-order valence-corrected chi connectivity index (χ4v) is 1.95. The van der Waals surface area contributed by atoms with Crippen molar-refractivity contribution in [2.45, 2.75) is 19.9 Å². The van der Waals surface area contributed by atoms with E-state index in [4.69, 9.17) is 17.3 Å². The number of aryl methyl sites for hydroxylation is 1. The van der Waals surface area contributed by atoms with Crippen molar-refractivity contribution >= 4 is 47.2 Å². The van der Waals surface area contributed by atoms with E-state index in [2.05, 4.69) is 29.4 Å². The molecule has 0 aromatic heterocycles. The minimum Gasteiger partial charge on any atom is -0.370 e. The molecule has 0 bridgehead atoms. The largest absolute Gasteiger partial charge is 0.370 e. The first-order valence-electron chi connectivity index (χ1n) is 6.57. The number of halogens is 2. The number of guanidine groups is 1. The number of anilines is 1. The van der Waals surface area contributed by atoms with Crippen LogP contribution in [0.5, 0.6) is 0 Å². The van der Waals surface area contributed by atoms with Crippen LogP contribution in [-0.4, -0.2) is 5.96 Å². The molecule has 21 heavy (non-hydrogen) atoms. The summed E-state index contributed by atoms with van der Waals surface area (Å²) >= 11 is 5.84. The van der Waals surface area contributed by atoms with Gasteiger partial charge in [-0.05, 0) is 41.8 Å². The molecule has 112 valence electrons. The van der Waals surface area contributed by atoms with Crippen LogP contribution >= 0.6 is 35.6 Å². The van der Waals surface area contributed by atoms with E-state index in [0.717, 1.165) is 22.7 Å². The van der Waals surface area contributed by atoms with Gasteiger partial charge >= 0.3 is 0 Å². The minimum atomic E-state index is 0. The molecule has 5 heteroatoms. The molecule has 0 spiro atoms. The highest BCUT2D eigenvalue weighted by Crippen LogP contribution is 2.12. The highest BCUT2D eigenvalue weighted by molar-refractivity contribution is 14.0. The molecule has 0 aliphatic rings. The Morgan fingerprint density at radius 1 is 1.14 bits per heavy atom. The van der Waals surface area contributed by atoms with Gasteiger partial charge in [0.05, 0.1) is 6.54 Å². The molecule has 2 rings (SSSR count). The second-order valence-electron chi connectivity index (χ2n) is 4.51. The van der Waals surface area contributed by atoms with Crippen LogP contribution in [0.25, 0.3) is 0 Å². The lowest BCUT2D eigenvalue weighted by Gasteiger charge is -2.07. The Balaban J connectivity index is 0.00000220. The van der Waals surface area contributed by atoms with Gasteiger partial charge in [0.2, 0.25) is 0 Å². The number of rotatable bonds is 4. The first kappa shape index (κ1) is 17.8. The Labute approximate surface area is 147 Å². The number of benzene rings is 2. The number of nitrogens with two attached hydrogens (primary N) is 1. The molecule has 0 fully saturated rings. The lowest BCUT2D eigenvalue weighted by molar-refractivity contribution is 1.06. The summed E-state index contributed by atoms with van der Waals surface area (Å²) in [6.07, 6.45) is 0.997. The van der Waals surface area contributed by atoms with Gasteiger partial charge in [-0.25, -0.2) is 4.99 Å². The fourth-order valence-electron chi connectivity index (χ4n) is 1.82. The Morgan fingerprint density at radius 2 is 1.86 bits per heavy atom. The van der Waals surface area contributed by atoms with E-state index in [1.54, 1.807) is 0 Å². The molecule has 0 saturated carbocycles. The quantitative estimate of drug-likeness (QED) is 0.440. The monoisotopic (exact) mass is 415 g/mol. The molecule has 0 atom stereocenters. The number of hydrogen-bond acceptors (Lipinski definition) is 1. The topological polar surface area (TPSA) is 50.4 Å². The van der Waals surface area contributed by atoms with Gasteiger partial charge in [-0.2, -0.15) is 0 Å². The summed E-state index contributed by atoms with van der Waals surface area (Å²) < 4.78 is 0. The van der Waals surface area contributed by atoms with E-state index in [0.29, 0.717) is 12.5 Å². The smallest absolute Gasteiger partial charge is 0.193 e. The normalized spacial score (nSPS) is 10.9. The summed E-state index contributed by atoms with van der Waals surface area (Å²) in [5.74, 6) is 0.410. The van der Waals surface area contributed by atoms with Crippen LogP contribution in [0.4, 0.5) is 5.69 Å². The molecule has 0 radical (unpaired) electrons. The van der Waals surface area contributed by atoms with Crippen molar-refractivity contribution in [1.82, 2.24) is 0 Å². The van der Waals surface area contributed by atoms with Crippen molar-refractivity contribution in [3.05, 3.63) is 64.7 Å². The predicted octanol–water partition coefficient (Wildman–Crippen LogP) is 4.45. The van der Waals surface area contributed by atoms with Crippen LogP contribution in [0, 0.1) is 0 Å². The maximum atomic E-state index is 5.89. The zero-order valence-electron chi connectivity index (χ0n) is 11.8. The summed E-state index contributed by atoms with van der Waals surface area (Å²) in [6, 6.07) is 15.7. The lowest BCUT2D eigenvalue weighted by Crippen LogP contribution is -2.22. The van der Waals surface area contributed by atoms with Gasteiger partial charge < -0.3 is 11.1 Å². The number of nitrogens with zero attached hydrogens (tertiary/aromatic N) is 1. The maximum Gasteiger partial charge on any atom is 0.193 e. The molecule has 2 aromatic carbocycles. The van der Waals surface area contributed by atoms with Crippen LogP contribution in [-0.2, 0) is 13.0 Å². The molecule has 0 heterocycles. The third kappa shape index (κ3) is 5.93. The zero-order chi connectivity index (χ0) is 14.4. The molecule has 0 amide bonds. The lowest BCUT2D eigenvalue weighted by atomic mass is 10.1. The maximum absolute atomic E-state index is 5.89.